The smallest absolute Gasteiger partial charge is 0.319 e. The molecule has 2 aromatic rings. The minimum atomic E-state index is -1.13. The second kappa shape index (κ2) is 7.19. The topological polar surface area (TPSA) is 61.4 Å². The molecule has 2 rings (SSSR count). The van der Waals surface area contributed by atoms with Gasteiger partial charge < -0.3 is 15.7 Å². The molecule has 0 aliphatic heterocycles. The monoisotopic (exact) mass is 320 g/mol. The summed E-state index contributed by atoms with van der Waals surface area (Å²) < 4.78 is 26.0. The normalized spacial score (nSPS) is 11.9. The number of carbonyl (C=O) groups excluding carboxylic acids is 1. The molecule has 0 spiro atoms. The summed E-state index contributed by atoms with van der Waals surface area (Å²) >= 11 is 0. The molecular formula is C17H18F2N2O2. The van der Waals surface area contributed by atoms with Gasteiger partial charge in [-0.25, -0.2) is 13.6 Å². The van der Waals surface area contributed by atoms with Gasteiger partial charge in [-0.15, -0.1) is 0 Å². The van der Waals surface area contributed by atoms with Crippen LogP contribution >= 0.6 is 0 Å². The van der Waals surface area contributed by atoms with Crippen LogP contribution in [0.5, 0.6) is 0 Å². The number of anilines is 1. The number of hydrogen-bond acceptors (Lipinski definition) is 2. The zero-order chi connectivity index (χ0) is 17.0. The Morgan fingerprint density at radius 1 is 1.09 bits per heavy atom. The van der Waals surface area contributed by atoms with Crippen molar-refractivity contribution < 1.29 is 18.7 Å². The van der Waals surface area contributed by atoms with E-state index in [1.54, 1.807) is 0 Å². The maximum Gasteiger partial charge on any atom is 0.319 e. The predicted octanol–water partition coefficient (Wildman–Crippen LogP) is 3.44. The molecule has 0 bridgehead atoms. The lowest BCUT2D eigenvalue weighted by Gasteiger charge is -2.13. The van der Waals surface area contributed by atoms with Crippen molar-refractivity contribution in [2.45, 2.75) is 20.0 Å². The quantitative estimate of drug-likeness (QED) is 0.808. The van der Waals surface area contributed by atoms with Crippen LogP contribution in [-0.4, -0.2) is 17.7 Å². The number of carbonyl (C=O) groups is 1. The predicted molar refractivity (Wildman–Crippen MR) is 84.3 cm³/mol. The van der Waals surface area contributed by atoms with Crippen LogP contribution in [0.2, 0.25) is 0 Å². The molecule has 23 heavy (non-hydrogen) atoms. The van der Waals surface area contributed by atoms with E-state index in [9.17, 15) is 18.7 Å². The van der Waals surface area contributed by atoms with Crippen molar-refractivity contribution in [2.24, 2.45) is 0 Å². The number of urea groups is 1. The maximum absolute atomic E-state index is 13.1. The SMILES string of the molecule is Cc1cc(C)cc(NC(=O)NCC(O)c2ccc(F)c(F)c2)c1. The van der Waals surface area contributed by atoms with Crippen molar-refractivity contribution in [1.82, 2.24) is 5.32 Å². The first-order valence-electron chi connectivity index (χ1n) is 7.11. The van der Waals surface area contributed by atoms with E-state index in [1.165, 1.54) is 6.07 Å². The summed E-state index contributed by atoms with van der Waals surface area (Å²) in [6, 6.07) is 8.24. The van der Waals surface area contributed by atoms with E-state index in [-0.39, 0.29) is 12.1 Å². The van der Waals surface area contributed by atoms with Gasteiger partial charge in [0.25, 0.3) is 0 Å². The molecule has 0 fully saturated rings. The van der Waals surface area contributed by atoms with Gasteiger partial charge >= 0.3 is 6.03 Å². The summed E-state index contributed by atoms with van der Waals surface area (Å²) in [6.45, 7) is 3.72. The van der Waals surface area contributed by atoms with Gasteiger partial charge in [-0.1, -0.05) is 12.1 Å². The van der Waals surface area contributed by atoms with Crippen molar-refractivity contribution in [3.63, 3.8) is 0 Å². The van der Waals surface area contributed by atoms with Crippen molar-refractivity contribution in [3.05, 3.63) is 64.7 Å². The van der Waals surface area contributed by atoms with E-state index in [2.05, 4.69) is 10.6 Å². The number of benzene rings is 2. The first-order chi connectivity index (χ1) is 10.8. The van der Waals surface area contributed by atoms with Gasteiger partial charge in [0.15, 0.2) is 11.6 Å². The van der Waals surface area contributed by atoms with E-state index in [1.807, 2.05) is 32.0 Å². The molecule has 0 saturated carbocycles. The number of amides is 2. The van der Waals surface area contributed by atoms with Gasteiger partial charge in [0.1, 0.15) is 0 Å². The molecule has 0 aromatic heterocycles. The fourth-order valence-electron chi connectivity index (χ4n) is 2.25. The minimum absolute atomic E-state index is 0.123. The molecule has 0 radical (unpaired) electrons. The number of hydrogen-bond donors (Lipinski definition) is 3. The Labute approximate surface area is 133 Å². The molecule has 1 unspecified atom stereocenters. The number of halogens is 2. The fourth-order valence-corrected chi connectivity index (χ4v) is 2.25. The highest BCUT2D eigenvalue weighted by molar-refractivity contribution is 5.89. The number of aliphatic hydroxyl groups is 1. The second-order valence-corrected chi connectivity index (χ2v) is 5.40. The average Bonchev–Trinajstić information content (AvgIpc) is 2.46. The van der Waals surface area contributed by atoms with Crippen molar-refractivity contribution in [1.29, 1.82) is 0 Å². The maximum atomic E-state index is 13.1. The largest absolute Gasteiger partial charge is 0.387 e. The Morgan fingerprint density at radius 3 is 2.35 bits per heavy atom. The van der Waals surface area contributed by atoms with Crippen LogP contribution in [0.25, 0.3) is 0 Å². The molecule has 0 aliphatic rings. The van der Waals surface area contributed by atoms with Crippen LogP contribution < -0.4 is 10.6 Å². The molecule has 6 heteroatoms. The van der Waals surface area contributed by atoms with E-state index in [0.29, 0.717) is 5.69 Å². The highest BCUT2D eigenvalue weighted by Crippen LogP contribution is 2.16. The Bertz CT molecular complexity index is 699. The van der Waals surface area contributed by atoms with Crippen LogP contribution in [0, 0.1) is 25.5 Å². The van der Waals surface area contributed by atoms with Gasteiger partial charge in [-0.3, -0.25) is 0 Å². The molecule has 2 amide bonds. The molecule has 1 atom stereocenters. The summed E-state index contributed by atoms with van der Waals surface area (Å²) in [5.41, 5.74) is 2.86. The Hall–Kier alpha value is -2.47. The molecule has 3 N–H and O–H groups in total. The highest BCUT2D eigenvalue weighted by atomic mass is 19.2. The van der Waals surface area contributed by atoms with Gasteiger partial charge in [-0.05, 0) is 54.8 Å². The van der Waals surface area contributed by atoms with Crippen LogP contribution in [0.4, 0.5) is 19.3 Å². The lowest BCUT2D eigenvalue weighted by Crippen LogP contribution is -2.32. The summed E-state index contributed by atoms with van der Waals surface area (Å²) in [5, 5.41) is 15.0. The summed E-state index contributed by atoms with van der Waals surface area (Å²) in [4.78, 5) is 11.8. The van der Waals surface area contributed by atoms with E-state index in [0.717, 1.165) is 23.3 Å². The first-order valence-corrected chi connectivity index (χ1v) is 7.11. The van der Waals surface area contributed by atoms with Gasteiger partial charge in [0.2, 0.25) is 0 Å². The second-order valence-electron chi connectivity index (χ2n) is 5.40. The van der Waals surface area contributed by atoms with E-state index in [4.69, 9.17) is 0 Å². The Morgan fingerprint density at radius 2 is 1.74 bits per heavy atom. The lowest BCUT2D eigenvalue weighted by molar-refractivity contribution is 0.174. The zero-order valence-electron chi connectivity index (χ0n) is 12.9. The van der Waals surface area contributed by atoms with E-state index < -0.39 is 23.8 Å². The molecule has 0 saturated heterocycles. The zero-order valence-corrected chi connectivity index (χ0v) is 12.9. The van der Waals surface area contributed by atoms with Gasteiger partial charge in [-0.2, -0.15) is 0 Å². The number of rotatable bonds is 4. The Balaban J connectivity index is 1.91. The Kier molecular flexibility index (Phi) is 5.28. The third kappa shape index (κ3) is 4.75. The molecule has 4 nitrogen and oxygen atoms in total. The van der Waals surface area contributed by atoms with Crippen molar-refractivity contribution >= 4 is 11.7 Å². The lowest BCUT2D eigenvalue weighted by atomic mass is 10.1. The molecule has 2 aromatic carbocycles. The standard InChI is InChI=1S/C17H18F2N2O2/c1-10-5-11(2)7-13(6-10)21-17(23)20-9-16(22)12-3-4-14(18)15(19)8-12/h3-8,16,22H,9H2,1-2H3,(H2,20,21,23). The third-order valence-electron chi connectivity index (χ3n) is 3.26. The number of aryl methyl sites for hydroxylation is 2. The fraction of sp³-hybridized carbons (Fsp3) is 0.235. The summed E-state index contributed by atoms with van der Waals surface area (Å²) in [5.74, 6) is -2.03. The first kappa shape index (κ1) is 16.9. The van der Waals surface area contributed by atoms with E-state index >= 15 is 0 Å². The molecule has 122 valence electrons. The third-order valence-corrected chi connectivity index (χ3v) is 3.26. The number of nitrogens with one attached hydrogen (secondary N) is 2. The molecular weight excluding hydrogens is 302 g/mol. The van der Waals surface area contributed by atoms with Crippen LogP contribution in [0.1, 0.15) is 22.8 Å². The minimum Gasteiger partial charge on any atom is -0.387 e. The van der Waals surface area contributed by atoms with Crippen molar-refractivity contribution in [3.8, 4) is 0 Å². The number of aliphatic hydroxyl groups excluding tert-OH is 1. The van der Waals surface area contributed by atoms with Crippen LogP contribution in [0.3, 0.4) is 0 Å². The van der Waals surface area contributed by atoms with Gasteiger partial charge in [0.05, 0.1) is 6.10 Å². The molecule has 0 heterocycles. The summed E-state index contributed by atoms with van der Waals surface area (Å²) in [7, 11) is 0. The highest BCUT2D eigenvalue weighted by Gasteiger charge is 2.12. The average molecular weight is 320 g/mol. The van der Waals surface area contributed by atoms with Crippen molar-refractivity contribution in [2.75, 3.05) is 11.9 Å². The summed E-state index contributed by atoms with van der Waals surface area (Å²) in [6.07, 6.45) is -1.13. The molecule has 0 aliphatic carbocycles. The van der Waals surface area contributed by atoms with Gasteiger partial charge in [0, 0.05) is 12.2 Å². The van der Waals surface area contributed by atoms with Crippen LogP contribution in [-0.2, 0) is 0 Å². The van der Waals surface area contributed by atoms with Crippen LogP contribution in [0.15, 0.2) is 36.4 Å².